The van der Waals surface area contributed by atoms with Gasteiger partial charge < -0.3 is 15.6 Å². The molecule has 18 heavy (non-hydrogen) atoms. The normalized spacial score (nSPS) is 28.7. The average molecular weight is 276 g/mol. The van der Waals surface area contributed by atoms with Gasteiger partial charge in [-0.1, -0.05) is 0 Å². The Kier molecular flexibility index (Phi) is 3.32. The summed E-state index contributed by atoms with van der Waals surface area (Å²) in [7, 11) is -3.78. The van der Waals surface area contributed by atoms with E-state index in [0.717, 1.165) is 6.20 Å². The molecule has 2 heterocycles. The highest BCUT2D eigenvalue weighted by atomic mass is 32.2. The lowest BCUT2D eigenvalue weighted by atomic mass is 9.97. The zero-order valence-corrected chi connectivity index (χ0v) is 10.7. The second kappa shape index (κ2) is 4.50. The first kappa shape index (κ1) is 13.3. The van der Waals surface area contributed by atoms with Gasteiger partial charge in [0.1, 0.15) is 16.3 Å². The van der Waals surface area contributed by atoms with Crippen LogP contribution in [-0.4, -0.2) is 48.6 Å². The van der Waals surface area contributed by atoms with Gasteiger partial charge in [-0.2, -0.15) is 5.10 Å². The predicted molar refractivity (Wildman–Crippen MR) is 63.2 cm³/mol. The molecule has 1 aromatic heterocycles. The van der Waals surface area contributed by atoms with Gasteiger partial charge in [0, 0.05) is 19.6 Å². The first-order valence-corrected chi connectivity index (χ1v) is 6.96. The molecule has 0 saturated carbocycles. The van der Waals surface area contributed by atoms with Crippen molar-refractivity contribution in [3.05, 3.63) is 6.20 Å². The monoisotopic (exact) mass is 276 g/mol. The van der Waals surface area contributed by atoms with E-state index in [1.54, 1.807) is 6.92 Å². The van der Waals surface area contributed by atoms with Crippen molar-refractivity contribution in [1.29, 1.82) is 0 Å². The third-order valence-corrected chi connectivity index (χ3v) is 4.58. The molecule has 2 unspecified atom stereocenters. The zero-order valence-electron chi connectivity index (χ0n) is 9.88. The van der Waals surface area contributed by atoms with E-state index in [4.69, 9.17) is 10.5 Å². The van der Waals surface area contributed by atoms with Gasteiger partial charge in [-0.15, -0.1) is 0 Å². The van der Waals surface area contributed by atoms with Crippen LogP contribution in [0.25, 0.3) is 0 Å². The molecule has 1 saturated heterocycles. The summed E-state index contributed by atoms with van der Waals surface area (Å²) in [6.07, 6.45) is 1.09. The van der Waals surface area contributed by atoms with Crippen LogP contribution < -0.4 is 10.5 Å². The van der Waals surface area contributed by atoms with E-state index in [-0.39, 0.29) is 17.3 Å². The average Bonchev–Trinajstić information content (AvgIpc) is 2.85. The van der Waals surface area contributed by atoms with Gasteiger partial charge in [-0.25, -0.2) is 13.1 Å². The Morgan fingerprint density at radius 2 is 2.50 bits per heavy atom. The second-order valence-corrected chi connectivity index (χ2v) is 6.07. The summed E-state index contributed by atoms with van der Waals surface area (Å²) in [6.45, 7) is 1.99. The van der Waals surface area contributed by atoms with Crippen LogP contribution in [0, 0.1) is 0 Å². The first-order chi connectivity index (χ1) is 8.35. The van der Waals surface area contributed by atoms with E-state index in [2.05, 4.69) is 14.9 Å². The van der Waals surface area contributed by atoms with Crippen molar-refractivity contribution in [3.63, 3.8) is 0 Å². The Bertz CT molecular complexity index is 528. The molecule has 8 nitrogen and oxygen atoms in total. The van der Waals surface area contributed by atoms with Crippen molar-refractivity contribution >= 4 is 15.8 Å². The van der Waals surface area contributed by atoms with Crippen LogP contribution in [0.3, 0.4) is 0 Å². The van der Waals surface area contributed by atoms with Gasteiger partial charge in [-0.05, 0) is 6.92 Å². The number of nitrogens with zero attached hydrogens (tertiary/aromatic N) is 1. The molecule has 1 aliphatic heterocycles. The Labute approximate surface area is 105 Å². The minimum absolute atomic E-state index is 0.0368. The Hall–Kier alpha value is -1.16. The number of nitrogens with two attached hydrogens (primary N) is 1. The number of hydrogen-bond donors (Lipinski definition) is 4. The van der Waals surface area contributed by atoms with Crippen molar-refractivity contribution in [2.24, 2.45) is 0 Å². The third kappa shape index (κ3) is 2.34. The van der Waals surface area contributed by atoms with Crippen LogP contribution in [0.2, 0.25) is 0 Å². The first-order valence-electron chi connectivity index (χ1n) is 5.48. The lowest BCUT2D eigenvalue weighted by Crippen LogP contribution is -2.47. The molecule has 1 aromatic rings. The number of aromatic amines is 1. The van der Waals surface area contributed by atoms with E-state index in [1.807, 2.05) is 0 Å². The molecule has 9 heteroatoms. The number of hydrogen-bond acceptors (Lipinski definition) is 6. The maximum Gasteiger partial charge on any atom is 0.245 e. The topological polar surface area (TPSA) is 130 Å². The number of nitrogens with one attached hydrogen (secondary N) is 2. The molecule has 2 rings (SSSR count). The molecule has 0 bridgehead atoms. The van der Waals surface area contributed by atoms with Crippen LogP contribution in [-0.2, 0) is 14.8 Å². The Balaban J connectivity index is 2.09. The summed E-state index contributed by atoms with van der Waals surface area (Å²) in [4.78, 5) is -0.127. The van der Waals surface area contributed by atoms with Crippen LogP contribution in [0.5, 0.6) is 0 Å². The standard InChI is InChI=1S/C9H16N4O4S/c1-6-9(14,2-3-17-6)5-12-18(15,16)7-4-11-13-8(7)10/h4,6,12,14H,2-3,5H2,1H3,(H3,10,11,13). The van der Waals surface area contributed by atoms with Crippen LogP contribution >= 0.6 is 0 Å². The Morgan fingerprint density at radius 1 is 1.78 bits per heavy atom. The van der Waals surface area contributed by atoms with Crippen molar-refractivity contribution in [1.82, 2.24) is 14.9 Å². The summed E-state index contributed by atoms with van der Waals surface area (Å²) >= 11 is 0. The van der Waals surface area contributed by atoms with Gasteiger partial charge in [0.05, 0.1) is 12.3 Å². The molecule has 0 radical (unpaired) electrons. The van der Waals surface area contributed by atoms with Gasteiger partial charge in [-0.3, -0.25) is 5.10 Å². The number of ether oxygens (including phenoxy) is 1. The lowest BCUT2D eigenvalue weighted by Gasteiger charge is -2.25. The summed E-state index contributed by atoms with van der Waals surface area (Å²) in [5.41, 5.74) is 4.26. The molecule has 0 amide bonds. The number of H-pyrrole nitrogens is 1. The number of aliphatic hydroxyl groups is 1. The minimum atomic E-state index is -3.78. The van der Waals surface area contributed by atoms with E-state index < -0.39 is 21.7 Å². The van der Waals surface area contributed by atoms with Gasteiger partial charge in [0.2, 0.25) is 10.0 Å². The highest BCUT2D eigenvalue weighted by Gasteiger charge is 2.40. The number of rotatable bonds is 4. The highest BCUT2D eigenvalue weighted by Crippen LogP contribution is 2.25. The fraction of sp³-hybridized carbons (Fsp3) is 0.667. The smallest absolute Gasteiger partial charge is 0.245 e. The van der Waals surface area contributed by atoms with E-state index in [0.29, 0.717) is 13.0 Å². The number of aromatic nitrogens is 2. The Morgan fingerprint density at radius 3 is 3.00 bits per heavy atom. The minimum Gasteiger partial charge on any atom is -0.386 e. The fourth-order valence-corrected chi connectivity index (χ4v) is 2.92. The number of anilines is 1. The molecular formula is C9H16N4O4S. The maximum atomic E-state index is 11.9. The molecule has 0 spiro atoms. The van der Waals surface area contributed by atoms with Crippen LogP contribution in [0.4, 0.5) is 5.82 Å². The van der Waals surface area contributed by atoms with Gasteiger partial charge in [0.25, 0.3) is 0 Å². The molecule has 0 aromatic carbocycles. The quantitative estimate of drug-likeness (QED) is 0.547. The molecular weight excluding hydrogens is 260 g/mol. The van der Waals surface area contributed by atoms with Gasteiger partial charge in [0.15, 0.2) is 0 Å². The SMILES string of the molecule is CC1OCCC1(O)CNS(=O)(=O)c1cn[nH]c1N. The molecule has 1 aliphatic rings. The fourth-order valence-electron chi connectivity index (χ4n) is 1.80. The zero-order chi connectivity index (χ0) is 13.4. The van der Waals surface area contributed by atoms with Crippen molar-refractivity contribution in [3.8, 4) is 0 Å². The molecule has 0 aliphatic carbocycles. The number of nitrogen functional groups attached to an aromatic ring is 1. The van der Waals surface area contributed by atoms with Gasteiger partial charge >= 0.3 is 0 Å². The molecule has 102 valence electrons. The van der Waals surface area contributed by atoms with Crippen LogP contribution in [0.15, 0.2) is 11.1 Å². The summed E-state index contributed by atoms with van der Waals surface area (Å²) in [6, 6.07) is 0. The lowest BCUT2D eigenvalue weighted by molar-refractivity contribution is -0.0228. The summed E-state index contributed by atoms with van der Waals surface area (Å²) < 4.78 is 31.4. The molecule has 1 fully saturated rings. The van der Waals surface area contributed by atoms with E-state index >= 15 is 0 Å². The largest absolute Gasteiger partial charge is 0.386 e. The number of sulfonamides is 1. The van der Waals surface area contributed by atoms with Crippen molar-refractivity contribution in [2.45, 2.75) is 29.9 Å². The summed E-state index contributed by atoms with van der Waals surface area (Å²) in [5.74, 6) is -0.0368. The van der Waals surface area contributed by atoms with Crippen LogP contribution in [0.1, 0.15) is 13.3 Å². The van der Waals surface area contributed by atoms with Crippen molar-refractivity contribution < 1.29 is 18.3 Å². The molecule has 5 N–H and O–H groups in total. The third-order valence-electron chi connectivity index (χ3n) is 3.15. The second-order valence-electron chi connectivity index (χ2n) is 4.34. The predicted octanol–water partition coefficient (Wildman–Crippen LogP) is -1.19. The summed E-state index contributed by atoms with van der Waals surface area (Å²) in [5, 5.41) is 16.1. The van der Waals surface area contributed by atoms with Crippen molar-refractivity contribution in [2.75, 3.05) is 18.9 Å². The van der Waals surface area contributed by atoms with E-state index in [9.17, 15) is 13.5 Å². The maximum absolute atomic E-state index is 11.9. The van der Waals surface area contributed by atoms with E-state index in [1.165, 1.54) is 0 Å². The molecule has 2 atom stereocenters. The highest BCUT2D eigenvalue weighted by molar-refractivity contribution is 7.89.